The predicted octanol–water partition coefficient (Wildman–Crippen LogP) is 2.26. The minimum atomic E-state index is -3.69. The van der Waals surface area contributed by atoms with E-state index in [9.17, 15) is 8.42 Å². The molecule has 0 bridgehead atoms. The van der Waals surface area contributed by atoms with Crippen molar-refractivity contribution in [3.63, 3.8) is 0 Å². The smallest absolute Gasteiger partial charge is 0.283 e. The number of benzene rings is 1. The van der Waals surface area contributed by atoms with E-state index in [-0.39, 0.29) is 5.03 Å². The average molecular weight is 291 g/mol. The summed E-state index contributed by atoms with van der Waals surface area (Å²) in [5.74, 6) is 0. The molecule has 0 saturated carbocycles. The van der Waals surface area contributed by atoms with Gasteiger partial charge in [0.25, 0.3) is 10.0 Å². The molecule has 0 unspecified atom stereocenters. The molecule has 20 heavy (non-hydrogen) atoms. The molecule has 106 valence electrons. The fourth-order valence-electron chi connectivity index (χ4n) is 1.81. The maximum Gasteiger partial charge on any atom is 0.283 e. The summed E-state index contributed by atoms with van der Waals surface area (Å²) >= 11 is 0. The van der Waals surface area contributed by atoms with Gasteiger partial charge in [-0.15, -0.1) is 0 Å². The number of nitrogens with one attached hydrogen (secondary N) is 1. The molecule has 0 atom stereocenters. The molecule has 0 aliphatic rings. The number of hydrogen-bond donors (Lipinski definition) is 1. The molecule has 0 aliphatic carbocycles. The highest BCUT2D eigenvalue weighted by atomic mass is 32.2. The van der Waals surface area contributed by atoms with E-state index in [0.717, 1.165) is 5.56 Å². The zero-order chi connectivity index (χ0) is 14.8. The lowest BCUT2D eigenvalue weighted by Gasteiger charge is -2.20. The lowest BCUT2D eigenvalue weighted by atomic mass is 10.2. The second-order valence-electron chi connectivity index (χ2n) is 4.41. The van der Waals surface area contributed by atoms with Gasteiger partial charge in [-0.1, -0.05) is 17.7 Å². The van der Waals surface area contributed by atoms with E-state index in [1.165, 1.54) is 17.5 Å². The van der Waals surface area contributed by atoms with Crippen molar-refractivity contribution in [3.8, 4) is 0 Å². The summed E-state index contributed by atoms with van der Waals surface area (Å²) in [5, 5.41) is 2.87. The molecule has 0 aliphatic heterocycles. The number of aromatic nitrogens is 1. The van der Waals surface area contributed by atoms with Crippen LogP contribution < -0.4 is 9.62 Å². The summed E-state index contributed by atoms with van der Waals surface area (Å²) < 4.78 is 26.5. The molecule has 2 rings (SSSR count). The van der Waals surface area contributed by atoms with E-state index in [1.807, 2.05) is 19.1 Å². The number of rotatable bonds is 4. The average Bonchev–Trinajstić information content (AvgIpc) is 2.47. The van der Waals surface area contributed by atoms with E-state index in [0.29, 0.717) is 11.4 Å². The van der Waals surface area contributed by atoms with Gasteiger partial charge >= 0.3 is 0 Å². The maximum absolute atomic E-state index is 12.6. The molecular weight excluding hydrogens is 274 g/mol. The van der Waals surface area contributed by atoms with Gasteiger partial charge < -0.3 is 5.32 Å². The Morgan fingerprint density at radius 1 is 1.15 bits per heavy atom. The van der Waals surface area contributed by atoms with Crippen LogP contribution in [-0.2, 0) is 10.0 Å². The first-order chi connectivity index (χ1) is 9.46. The summed E-state index contributed by atoms with van der Waals surface area (Å²) in [6.07, 6.45) is 1.47. The van der Waals surface area contributed by atoms with Crippen LogP contribution in [-0.4, -0.2) is 27.5 Å². The highest BCUT2D eigenvalue weighted by Crippen LogP contribution is 2.25. The molecule has 1 aromatic heterocycles. The largest absolute Gasteiger partial charge is 0.386 e. The number of anilines is 2. The second-order valence-corrected chi connectivity index (χ2v) is 6.30. The fraction of sp³-hybridized carbons (Fsp3) is 0.214. The molecule has 2 aromatic rings. The molecule has 0 amide bonds. The van der Waals surface area contributed by atoms with Gasteiger partial charge in [0.2, 0.25) is 0 Å². The lowest BCUT2D eigenvalue weighted by Crippen LogP contribution is -2.28. The molecular formula is C14H17N3O2S. The third-order valence-corrected chi connectivity index (χ3v) is 4.79. The molecule has 0 fully saturated rings. The van der Waals surface area contributed by atoms with Crippen LogP contribution in [0.2, 0.25) is 0 Å². The van der Waals surface area contributed by atoms with Gasteiger partial charge in [-0.05, 0) is 31.2 Å². The van der Waals surface area contributed by atoms with Crippen LogP contribution in [0.1, 0.15) is 5.56 Å². The monoisotopic (exact) mass is 291 g/mol. The maximum atomic E-state index is 12.6. The van der Waals surface area contributed by atoms with Crippen LogP contribution in [0.5, 0.6) is 0 Å². The third-order valence-electron chi connectivity index (χ3n) is 3.04. The van der Waals surface area contributed by atoms with Crippen molar-refractivity contribution >= 4 is 21.4 Å². The predicted molar refractivity (Wildman–Crippen MR) is 80.6 cm³/mol. The molecule has 1 heterocycles. The summed E-state index contributed by atoms with van der Waals surface area (Å²) in [7, 11) is -0.497. The molecule has 6 heteroatoms. The van der Waals surface area contributed by atoms with E-state index < -0.39 is 10.0 Å². The molecule has 0 spiro atoms. The number of sulfonamides is 1. The van der Waals surface area contributed by atoms with Crippen LogP contribution in [0.3, 0.4) is 0 Å². The van der Waals surface area contributed by atoms with Gasteiger partial charge in [0, 0.05) is 20.3 Å². The van der Waals surface area contributed by atoms with Gasteiger partial charge in [0.15, 0.2) is 5.03 Å². The van der Waals surface area contributed by atoms with E-state index in [2.05, 4.69) is 10.3 Å². The van der Waals surface area contributed by atoms with Gasteiger partial charge in [-0.3, -0.25) is 4.31 Å². The van der Waals surface area contributed by atoms with E-state index in [1.54, 1.807) is 31.3 Å². The van der Waals surface area contributed by atoms with Crippen LogP contribution in [0.15, 0.2) is 47.6 Å². The van der Waals surface area contributed by atoms with Crippen LogP contribution >= 0.6 is 0 Å². The van der Waals surface area contributed by atoms with Crippen molar-refractivity contribution in [1.29, 1.82) is 0 Å². The van der Waals surface area contributed by atoms with Crippen LogP contribution in [0.25, 0.3) is 0 Å². The van der Waals surface area contributed by atoms with Crippen molar-refractivity contribution in [2.45, 2.75) is 11.9 Å². The minimum absolute atomic E-state index is 0.0191. The quantitative estimate of drug-likeness (QED) is 0.938. The van der Waals surface area contributed by atoms with Gasteiger partial charge in [0.1, 0.15) is 0 Å². The van der Waals surface area contributed by atoms with Crippen molar-refractivity contribution in [1.82, 2.24) is 4.98 Å². The van der Waals surface area contributed by atoms with Crippen LogP contribution in [0, 0.1) is 6.92 Å². The summed E-state index contributed by atoms with van der Waals surface area (Å²) in [5.41, 5.74) is 2.16. The molecule has 0 radical (unpaired) electrons. The molecule has 1 N–H and O–H groups in total. The standard InChI is InChI=1S/C14H17N3O2S/c1-11-6-8-12(9-7-11)17(3)20(18,19)14-13(15-2)5-4-10-16-14/h4-10,15H,1-3H3. The number of nitrogens with zero attached hydrogens (tertiary/aromatic N) is 2. The van der Waals surface area contributed by atoms with Gasteiger partial charge in [0.05, 0.1) is 11.4 Å². The number of aryl methyl sites for hydroxylation is 1. The Bertz CT molecular complexity index is 697. The first kappa shape index (κ1) is 14.3. The van der Waals surface area contributed by atoms with Gasteiger partial charge in [-0.2, -0.15) is 8.42 Å². The number of pyridine rings is 1. The highest BCUT2D eigenvalue weighted by Gasteiger charge is 2.25. The topological polar surface area (TPSA) is 62.3 Å². The zero-order valence-corrected chi connectivity index (χ0v) is 12.5. The van der Waals surface area contributed by atoms with E-state index >= 15 is 0 Å². The van der Waals surface area contributed by atoms with Crippen molar-refractivity contribution in [2.24, 2.45) is 0 Å². The Kier molecular flexibility index (Phi) is 3.94. The van der Waals surface area contributed by atoms with Crippen molar-refractivity contribution in [3.05, 3.63) is 48.2 Å². The Balaban J connectivity index is 2.46. The summed E-state index contributed by atoms with van der Waals surface area (Å²) in [6, 6.07) is 10.7. The first-order valence-corrected chi connectivity index (χ1v) is 7.59. The third kappa shape index (κ3) is 2.60. The molecule has 5 nitrogen and oxygen atoms in total. The minimum Gasteiger partial charge on any atom is -0.386 e. The Hall–Kier alpha value is -2.08. The van der Waals surface area contributed by atoms with Crippen molar-refractivity contribution < 1.29 is 8.42 Å². The normalized spacial score (nSPS) is 11.2. The van der Waals surface area contributed by atoms with Gasteiger partial charge in [-0.25, -0.2) is 4.98 Å². The zero-order valence-electron chi connectivity index (χ0n) is 11.7. The Morgan fingerprint density at radius 3 is 2.40 bits per heavy atom. The summed E-state index contributed by atoms with van der Waals surface area (Å²) in [4.78, 5) is 3.99. The van der Waals surface area contributed by atoms with Crippen LogP contribution in [0.4, 0.5) is 11.4 Å². The number of hydrogen-bond acceptors (Lipinski definition) is 4. The van der Waals surface area contributed by atoms with E-state index in [4.69, 9.17) is 0 Å². The molecule has 0 saturated heterocycles. The fourth-order valence-corrected chi connectivity index (χ4v) is 3.11. The first-order valence-electron chi connectivity index (χ1n) is 6.15. The lowest BCUT2D eigenvalue weighted by molar-refractivity contribution is 0.591. The molecule has 1 aromatic carbocycles. The summed E-state index contributed by atoms with van der Waals surface area (Å²) in [6.45, 7) is 1.95. The Labute approximate surface area is 119 Å². The highest BCUT2D eigenvalue weighted by molar-refractivity contribution is 7.92. The van der Waals surface area contributed by atoms with Crippen molar-refractivity contribution in [2.75, 3.05) is 23.7 Å². The Morgan fingerprint density at radius 2 is 1.80 bits per heavy atom. The second kappa shape index (κ2) is 5.50. The SMILES string of the molecule is CNc1cccnc1S(=O)(=O)N(C)c1ccc(C)cc1.